The number of halogens is 1. The summed E-state index contributed by atoms with van der Waals surface area (Å²) in [6, 6.07) is 10.3. The van der Waals surface area contributed by atoms with Crippen LogP contribution in [0.1, 0.15) is 38.6 Å². The van der Waals surface area contributed by atoms with Crippen molar-refractivity contribution in [2.45, 2.75) is 45.4 Å². The lowest BCUT2D eigenvalue weighted by Crippen LogP contribution is -2.20. The average molecular weight is 308 g/mol. The molecule has 0 amide bonds. The highest BCUT2D eigenvalue weighted by Gasteiger charge is 2.21. The van der Waals surface area contributed by atoms with E-state index in [2.05, 4.69) is 50.4 Å². The van der Waals surface area contributed by atoms with Crippen LogP contribution in [0.25, 0.3) is 11.3 Å². The van der Waals surface area contributed by atoms with Crippen LogP contribution in [0.5, 0.6) is 0 Å². The molecule has 0 spiro atoms. The second-order valence-corrected chi connectivity index (χ2v) is 7.69. The number of alkyl halides is 1. The highest BCUT2D eigenvalue weighted by atomic mass is 35.5. The third-order valence-corrected chi connectivity index (χ3v) is 5.19. The van der Waals surface area contributed by atoms with Crippen LogP contribution in [0.3, 0.4) is 0 Å². The van der Waals surface area contributed by atoms with Gasteiger partial charge in [-0.3, -0.25) is 0 Å². The molecule has 0 aliphatic rings. The minimum Gasteiger partial charge on any atom is -0.241 e. The summed E-state index contributed by atoms with van der Waals surface area (Å²) >= 11 is 8.16. The van der Waals surface area contributed by atoms with Crippen LogP contribution < -0.4 is 0 Å². The third-order valence-electron chi connectivity index (χ3n) is 3.41. The Kier molecular flexibility index (Phi) is 5.22. The van der Waals surface area contributed by atoms with Gasteiger partial charge in [0.1, 0.15) is 0 Å². The molecule has 3 heteroatoms. The van der Waals surface area contributed by atoms with E-state index >= 15 is 0 Å². The maximum absolute atomic E-state index is 6.41. The average Bonchev–Trinajstić information content (AvgIpc) is 2.87. The molecular formula is C17H22ClNS. The molecule has 1 unspecified atom stereocenters. The van der Waals surface area contributed by atoms with Crippen molar-refractivity contribution in [2.24, 2.45) is 5.41 Å². The van der Waals surface area contributed by atoms with Gasteiger partial charge in [-0.05, 0) is 24.7 Å². The van der Waals surface area contributed by atoms with Crippen LogP contribution in [-0.2, 0) is 6.42 Å². The van der Waals surface area contributed by atoms with Crippen molar-refractivity contribution >= 4 is 22.9 Å². The first kappa shape index (κ1) is 15.5. The molecule has 1 aromatic heterocycles. The fourth-order valence-electron chi connectivity index (χ4n) is 2.03. The Bertz CT molecular complexity index is 527. The Labute approximate surface area is 131 Å². The topological polar surface area (TPSA) is 12.9 Å². The van der Waals surface area contributed by atoms with Gasteiger partial charge in [0.2, 0.25) is 0 Å². The predicted molar refractivity (Wildman–Crippen MR) is 89.6 cm³/mol. The number of rotatable bonds is 5. The number of aryl methyl sites for hydroxylation is 1. The van der Waals surface area contributed by atoms with Crippen LogP contribution in [0, 0.1) is 5.41 Å². The third kappa shape index (κ3) is 4.32. The van der Waals surface area contributed by atoms with Crippen molar-refractivity contribution in [1.29, 1.82) is 0 Å². The van der Waals surface area contributed by atoms with E-state index in [1.54, 1.807) is 11.3 Å². The molecule has 1 aromatic carbocycles. The standard InChI is InChI=1S/C17H22ClNS/c1-17(2,3)15(18)10-7-11-16-19-14(12-20-16)13-8-5-4-6-9-13/h4-6,8-9,12,15H,7,10-11H2,1-3H3. The highest BCUT2D eigenvalue weighted by molar-refractivity contribution is 7.09. The monoisotopic (exact) mass is 307 g/mol. The summed E-state index contributed by atoms with van der Waals surface area (Å²) in [7, 11) is 0. The minimum atomic E-state index is 0.180. The molecule has 0 bridgehead atoms. The number of thiazole rings is 1. The van der Waals surface area contributed by atoms with E-state index in [1.807, 2.05) is 6.07 Å². The van der Waals surface area contributed by atoms with Crippen molar-refractivity contribution in [3.63, 3.8) is 0 Å². The molecule has 1 atom stereocenters. The Morgan fingerprint density at radius 1 is 1.20 bits per heavy atom. The predicted octanol–water partition coefficient (Wildman–Crippen LogP) is 5.79. The van der Waals surface area contributed by atoms with Crippen LogP contribution in [0.2, 0.25) is 0 Å². The lowest BCUT2D eigenvalue weighted by atomic mass is 9.89. The zero-order valence-corrected chi connectivity index (χ0v) is 14.0. The maximum Gasteiger partial charge on any atom is 0.0932 e. The Morgan fingerprint density at radius 2 is 1.90 bits per heavy atom. The van der Waals surface area contributed by atoms with Crippen LogP contribution in [0.15, 0.2) is 35.7 Å². The van der Waals surface area contributed by atoms with E-state index in [9.17, 15) is 0 Å². The lowest BCUT2D eigenvalue weighted by molar-refractivity contribution is 0.369. The van der Waals surface area contributed by atoms with E-state index in [4.69, 9.17) is 16.6 Å². The van der Waals surface area contributed by atoms with Gasteiger partial charge in [-0.15, -0.1) is 22.9 Å². The molecule has 2 rings (SSSR count). The summed E-state index contributed by atoms with van der Waals surface area (Å²) in [6.45, 7) is 6.59. The van der Waals surface area contributed by atoms with Gasteiger partial charge >= 0.3 is 0 Å². The van der Waals surface area contributed by atoms with Gasteiger partial charge < -0.3 is 0 Å². The van der Waals surface area contributed by atoms with Crippen molar-refractivity contribution in [2.75, 3.05) is 0 Å². The van der Waals surface area contributed by atoms with E-state index in [-0.39, 0.29) is 10.8 Å². The van der Waals surface area contributed by atoms with Gasteiger partial charge in [0.25, 0.3) is 0 Å². The molecule has 0 aliphatic heterocycles. The summed E-state index contributed by atoms with van der Waals surface area (Å²) in [6.07, 6.45) is 3.18. The molecule has 0 aliphatic carbocycles. The molecule has 2 aromatic rings. The number of nitrogens with zero attached hydrogens (tertiary/aromatic N) is 1. The number of hydrogen-bond donors (Lipinski definition) is 0. The summed E-state index contributed by atoms with van der Waals surface area (Å²) in [4.78, 5) is 4.71. The fourth-order valence-corrected chi connectivity index (χ4v) is 3.04. The van der Waals surface area contributed by atoms with Crippen molar-refractivity contribution in [1.82, 2.24) is 4.98 Å². The van der Waals surface area contributed by atoms with E-state index in [1.165, 1.54) is 10.6 Å². The molecule has 1 nitrogen and oxygen atoms in total. The van der Waals surface area contributed by atoms with Gasteiger partial charge in [0, 0.05) is 16.3 Å². The highest BCUT2D eigenvalue weighted by Crippen LogP contribution is 2.29. The van der Waals surface area contributed by atoms with E-state index in [0.717, 1.165) is 25.0 Å². The van der Waals surface area contributed by atoms with Crippen LogP contribution >= 0.6 is 22.9 Å². The summed E-state index contributed by atoms with van der Waals surface area (Å²) in [5.74, 6) is 0. The molecule has 0 fully saturated rings. The Morgan fingerprint density at radius 3 is 2.55 bits per heavy atom. The Balaban J connectivity index is 1.88. The van der Waals surface area contributed by atoms with Gasteiger partial charge in [0.05, 0.1) is 10.7 Å². The van der Waals surface area contributed by atoms with E-state index in [0.29, 0.717) is 0 Å². The van der Waals surface area contributed by atoms with Gasteiger partial charge in [0.15, 0.2) is 0 Å². The first-order valence-electron chi connectivity index (χ1n) is 7.11. The smallest absolute Gasteiger partial charge is 0.0932 e. The summed E-state index contributed by atoms with van der Waals surface area (Å²) < 4.78 is 0. The van der Waals surface area contributed by atoms with Gasteiger partial charge in [-0.25, -0.2) is 4.98 Å². The normalized spacial score (nSPS) is 13.4. The number of benzene rings is 1. The van der Waals surface area contributed by atoms with Crippen molar-refractivity contribution < 1.29 is 0 Å². The zero-order valence-electron chi connectivity index (χ0n) is 12.4. The second kappa shape index (κ2) is 6.73. The second-order valence-electron chi connectivity index (χ2n) is 6.22. The molecule has 20 heavy (non-hydrogen) atoms. The summed E-state index contributed by atoms with van der Waals surface area (Å²) in [5.41, 5.74) is 2.46. The SMILES string of the molecule is CC(C)(C)C(Cl)CCCc1nc(-c2ccccc2)cs1. The zero-order chi connectivity index (χ0) is 14.6. The largest absolute Gasteiger partial charge is 0.241 e. The lowest BCUT2D eigenvalue weighted by Gasteiger charge is -2.24. The van der Waals surface area contributed by atoms with Crippen LogP contribution in [-0.4, -0.2) is 10.4 Å². The molecule has 0 saturated carbocycles. The summed E-state index contributed by atoms with van der Waals surface area (Å²) in [5, 5.41) is 3.59. The minimum absolute atomic E-state index is 0.180. The quantitative estimate of drug-likeness (QED) is 0.637. The molecule has 0 saturated heterocycles. The molecule has 1 heterocycles. The fraction of sp³-hybridized carbons (Fsp3) is 0.471. The maximum atomic E-state index is 6.41. The van der Waals surface area contributed by atoms with Gasteiger partial charge in [-0.2, -0.15) is 0 Å². The first-order chi connectivity index (χ1) is 9.47. The molecule has 0 N–H and O–H groups in total. The first-order valence-corrected chi connectivity index (χ1v) is 8.42. The number of aromatic nitrogens is 1. The Hall–Kier alpha value is -0.860. The molecule has 108 valence electrons. The van der Waals surface area contributed by atoms with E-state index < -0.39 is 0 Å². The molecular weight excluding hydrogens is 286 g/mol. The van der Waals surface area contributed by atoms with Crippen molar-refractivity contribution in [3.8, 4) is 11.3 Å². The van der Waals surface area contributed by atoms with Crippen molar-refractivity contribution in [3.05, 3.63) is 40.7 Å². The number of hydrogen-bond acceptors (Lipinski definition) is 2. The molecule has 0 radical (unpaired) electrons. The van der Waals surface area contributed by atoms with Gasteiger partial charge in [-0.1, -0.05) is 51.1 Å². The van der Waals surface area contributed by atoms with Crippen LogP contribution in [0.4, 0.5) is 0 Å².